The highest BCUT2D eigenvalue weighted by atomic mass is 16.5. The van der Waals surface area contributed by atoms with Gasteiger partial charge in [0.15, 0.2) is 0 Å². The Hall–Kier alpha value is -1.06. The lowest BCUT2D eigenvalue weighted by molar-refractivity contribution is 0.0580. The lowest BCUT2D eigenvalue weighted by Gasteiger charge is -2.28. The molecule has 0 aromatic heterocycles. The predicted octanol–water partition coefficient (Wildman–Crippen LogP) is 2.51. The normalized spacial score (nSPS) is 18.9. The summed E-state index contributed by atoms with van der Waals surface area (Å²) in [6.07, 6.45) is 2.09. The molecule has 3 nitrogen and oxygen atoms in total. The molecule has 0 spiro atoms. The molecular weight excluding hydrogens is 214 g/mol. The van der Waals surface area contributed by atoms with Gasteiger partial charge in [0.2, 0.25) is 0 Å². The third-order valence-corrected chi connectivity index (χ3v) is 3.35. The SMILES string of the molecule is CCOc1ccccc1[C@@H](N)C1CCOCC1. The van der Waals surface area contributed by atoms with E-state index in [0.29, 0.717) is 12.5 Å². The summed E-state index contributed by atoms with van der Waals surface area (Å²) in [6, 6.07) is 8.15. The summed E-state index contributed by atoms with van der Waals surface area (Å²) < 4.78 is 11.0. The third-order valence-electron chi connectivity index (χ3n) is 3.35. The van der Waals surface area contributed by atoms with E-state index in [2.05, 4.69) is 6.07 Å². The Balaban J connectivity index is 2.14. The van der Waals surface area contributed by atoms with E-state index in [1.54, 1.807) is 0 Å². The zero-order valence-corrected chi connectivity index (χ0v) is 10.4. The molecular formula is C14H21NO2. The van der Waals surface area contributed by atoms with Crippen molar-refractivity contribution in [2.75, 3.05) is 19.8 Å². The van der Waals surface area contributed by atoms with Crippen molar-refractivity contribution in [1.29, 1.82) is 0 Å². The Morgan fingerprint density at radius 1 is 1.35 bits per heavy atom. The summed E-state index contributed by atoms with van der Waals surface area (Å²) >= 11 is 0. The highest BCUT2D eigenvalue weighted by Crippen LogP contribution is 2.33. The zero-order chi connectivity index (χ0) is 12.1. The maximum Gasteiger partial charge on any atom is 0.124 e. The van der Waals surface area contributed by atoms with Gasteiger partial charge in [-0.2, -0.15) is 0 Å². The molecule has 17 heavy (non-hydrogen) atoms. The minimum absolute atomic E-state index is 0.0571. The summed E-state index contributed by atoms with van der Waals surface area (Å²) in [5, 5.41) is 0. The molecule has 1 aromatic carbocycles. The van der Waals surface area contributed by atoms with E-state index in [9.17, 15) is 0 Å². The molecule has 0 aliphatic carbocycles. The van der Waals surface area contributed by atoms with Gasteiger partial charge in [0.1, 0.15) is 5.75 Å². The number of nitrogens with two attached hydrogens (primary N) is 1. The summed E-state index contributed by atoms with van der Waals surface area (Å²) in [7, 11) is 0. The van der Waals surface area contributed by atoms with Gasteiger partial charge in [-0.25, -0.2) is 0 Å². The topological polar surface area (TPSA) is 44.5 Å². The van der Waals surface area contributed by atoms with Gasteiger partial charge in [-0.05, 0) is 31.7 Å². The standard InChI is InChI=1S/C14H21NO2/c1-2-17-13-6-4-3-5-12(13)14(15)11-7-9-16-10-8-11/h3-6,11,14H,2,7-10,15H2,1H3/t14-/m0/s1. The Bertz CT molecular complexity index is 348. The van der Waals surface area contributed by atoms with Crippen molar-refractivity contribution in [3.8, 4) is 5.75 Å². The van der Waals surface area contributed by atoms with Crippen LogP contribution in [0.4, 0.5) is 0 Å². The molecule has 0 radical (unpaired) electrons. The highest BCUT2D eigenvalue weighted by Gasteiger charge is 2.24. The van der Waals surface area contributed by atoms with Crippen LogP contribution < -0.4 is 10.5 Å². The molecule has 0 unspecified atom stereocenters. The molecule has 0 bridgehead atoms. The van der Waals surface area contributed by atoms with Gasteiger partial charge in [-0.15, -0.1) is 0 Å². The summed E-state index contributed by atoms with van der Waals surface area (Å²) in [5.74, 6) is 1.43. The van der Waals surface area contributed by atoms with Crippen LogP contribution in [-0.4, -0.2) is 19.8 Å². The Labute approximate surface area is 103 Å². The van der Waals surface area contributed by atoms with Crippen LogP contribution in [0.25, 0.3) is 0 Å². The van der Waals surface area contributed by atoms with Crippen LogP contribution in [0.15, 0.2) is 24.3 Å². The smallest absolute Gasteiger partial charge is 0.124 e. The molecule has 1 saturated heterocycles. The first-order chi connectivity index (χ1) is 8.33. The van der Waals surface area contributed by atoms with E-state index in [-0.39, 0.29) is 6.04 Å². The van der Waals surface area contributed by atoms with Crippen molar-refractivity contribution in [2.24, 2.45) is 11.7 Å². The fourth-order valence-electron chi connectivity index (χ4n) is 2.37. The van der Waals surface area contributed by atoms with Crippen molar-refractivity contribution in [3.63, 3.8) is 0 Å². The first kappa shape index (κ1) is 12.4. The van der Waals surface area contributed by atoms with Crippen molar-refractivity contribution in [3.05, 3.63) is 29.8 Å². The fraction of sp³-hybridized carbons (Fsp3) is 0.571. The molecule has 0 amide bonds. The van der Waals surface area contributed by atoms with Gasteiger partial charge in [0.05, 0.1) is 6.61 Å². The molecule has 0 saturated carbocycles. The van der Waals surface area contributed by atoms with Gasteiger partial charge < -0.3 is 15.2 Å². The van der Waals surface area contributed by atoms with E-state index in [0.717, 1.165) is 37.4 Å². The van der Waals surface area contributed by atoms with Crippen molar-refractivity contribution in [1.82, 2.24) is 0 Å². The minimum Gasteiger partial charge on any atom is -0.494 e. The van der Waals surface area contributed by atoms with E-state index in [1.807, 2.05) is 25.1 Å². The van der Waals surface area contributed by atoms with Crippen LogP contribution in [0.3, 0.4) is 0 Å². The molecule has 3 heteroatoms. The molecule has 2 N–H and O–H groups in total. The lowest BCUT2D eigenvalue weighted by Crippen LogP contribution is -2.27. The molecule has 94 valence electrons. The molecule has 1 aromatic rings. The maximum atomic E-state index is 6.37. The minimum atomic E-state index is 0.0571. The highest BCUT2D eigenvalue weighted by molar-refractivity contribution is 5.36. The number of rotatable bonds is 4. The monoisotopic (exact) mass is 235 g/mol. The lowest BCUT2D eigenvalue weighted by atomic mass is 9.87. The van der Waals surface area contributed by atoms with Crippen LogP contribution >= 0.6 is 0 Å². The molecule has 1 heterocycles. The number of para-hydroxylation sites is 1. The summed E-state index contributed by atoms with van der Waals surface area (Å²) in [4.78, 5) is 0. The van der Waals surface area contributed by atoms with Crippen molar-refractivity contribution in [2.45, 2.75) is 25.8 Å². The second kappa shape index (κ2) is 6.03. The average molecular weight is 235 g/mol. The summed E-state index contributed by atoms with van der Waals surface area (Å²) in [6.45, 7) is 4.33. The van der Waals surface area contributed by atoms with E-state index < -0.39 is 0 Å². The van der Waals surface area contributed by atoms with Crippen LogP contribution in [0, 0.1) is 5.92 Å². The van der Waals surface area contributed by atoms with E-state index in [1.165, 1.54) is 0 Å². The second-order valence-corrected chi connectivity index (χ2v) is 4.45. The Morgan fingerprint density at radius 3 is 2.76 bits per heavy atom. The average Bonchev–Trinajstić information content (AvgIpc) is 2.40. The number of hydrogen-bond donors (Lipinski definition) is 1. The van der Waals surface area contributed by atoms with Crippen LogP contribution in [0.1, 0.15) is 31.4 Å². The van der Waals surface area contributed by atoms with Crippen LogP contribution in [0.2, 0.25) is 0 Å². The quantitative estimate of drug-likeness (QED) is 0.872. The first-order valence-corrected chi connectivity index (χ1v) is 6.38. The van der Waals surface area contributed by atoms with Crippen molar-refractivity contribution >= 4 is 0 Å². The Morgan fingerprint density at radius 2 is 2.06 bits per heavy atom. The Kier molecular flexibility index (Phi) is 4.40. The first-order valence-electron chi connectivity index (χ1n) is 6.38. The van der Waals surface area contributed by atoms with Gasteiger partial charge in [-0.3, -0.25) is 0 Å². The van der Waals surface area contributed by atoms with E-state index in [4.69, 9.17) is 15.2 Å². The zero-order valence-electron chi connectivity index (χ0n) is 10.4. The molecule has 2 rings (SSSR count). The molecule has 1 aliphatic heterocycles. The fourth-order valence-corrected chi connectivity index (χ4v) is 2.37. The van der Waals surface area contributed by atoms with E-state index >= 15 is 0 Å². The van der Waals surface area contributed by atoms with Crippen molar-refractivity contribution < 1.29 is 9.47 Å². The number of benzene rings is 1. The van der Waals surface area contributed by atoms with Gasteiger partial charge in [0, 0.05) is 24.8 Å². The molecule has 1 atom stereocenters. The van der Waals surface area contributed by atoms with Gasteiger partial charge in [-0.1, -0.05) is 18.2 Å². The number of hydrogen-bond acceptors (Lipinski definition) is 3. The predicted molar refractivity (Wildman–Crippen MR) is 68.1 cm³/mol. The number of ether oxygens (including phenoxy) is 2. The summed E-state index contributed by atoms with van der Waals surface area (Å²) in [5.41, 5.74) is 7.49. The maximum absolute atomic E-state index is 6.37. The largest absolute Gasteiger partial charge is 0.494 e. The molecule has 1 aliphatic rings. The van der Waals surface area contributed by atoms with Crippen LogP contribution in [-0.2, 0) is 4.74 Å². The third kappa shape index (κ3) is 2.99. The second-order valence-electron chi connectivity index (χ2n) is 4.45. The molecule has 1 fully saturated rings. The van der Waals surface area contributed by atoms with Crippen LogP contribution in [0.5, 0.6) is 5.75 Å². The van der Waals surface area contributed by atoms with Gasteiger partial charge in [0.25, 0.3) is 0 Å². The van der Waals surface area contributed by atoms with Gasteiger partial charge >= 0.3 is 0 Å².